The van der Waals surface area contributed by atoms with Crippen LogP contribution in [0.5, 0.6) is 0 Å². The lowest BCUT2D eigenvalue weighted by Gasteiger charge is -2.05. The Bertz CT molecular complexity index is 608. The van der Waals surface area contributed by atoms with E-state index in [1.807, 2.05) is 0 Å². The molecule has 1 N–H and O–H groups in total. The second-order valence-electron chi connectivity index (χ2n) is 4.58. The minimum absolute atomic E-state index is 0.239. The largest absolute Gasteiger partial charge is 0.360 e. The average molecular weight is 276 g/mol. The number of aromatic nitrogens is 1. The van der Waals surface area contributed by atoms with Crippen molar-refractivity contribution in [1.29, 1.82) is 0 Å². The Hall–Kier alpha value is -2.17. The number of hydrogen-bond donors (Lipinski definition) is 1. The fourth-order valence-corrected chi connectivity index (χ4v) is 1.94. The molecule has 1 aromatic heterocycles. The molecule has 20 heavy (non-hydrogen) atoms. The van der Waals surface area contributed by atoms with E-state index in [0.29, 0.717) is 29.1 Å². The number of aryl methyl sites for hydroxylation is 1. The minimum Gasteiger partial charge on any atom is -0.360 e. The molecule has 106 valence electrons. The number of halogens is 1. The van der Waals surface area contributed by atoms with E-state index >= 15 is 0 Å². The van der Waals surface area contributed by atoms with Gasteiger partial charge in [0, 0.05) is 12.1 Å². The van der Waals surface area contributed by atoms with Crippen LogP contribution in [0.25, 0.3) is 11.3 Å². The lowest BCUT2D eigenvalue weighted by Crippen LogP contribution is -2.25. The molecule has 0 saturated carbocycles. The molecular weight excluding hydrogens is 259 g/mol. The van der Waals surface area contributed by atoms with Crippen molar-refractivity contribution in [3.05, 3.63) is 41.4 Å². The van der Waals surface area contributed by atoms with E-state index in [-0.39, 0.29) is 11.7 Å². The van der Waals surface area contributed by atoms with Crippen molar-refractivity contribution in [2.24, 2.45) is 0 Å². The third kappa shape index (κ3) is 3.04. The molecule has 1 heterocycles. The summed E-state index contributed by atoms with van der Waals surface area (Å²) in [5.74, 6) is -0.185. The Morgan fingerprint density at radius 2 is 2.25 bits per heavy atom. The smallest absolute Gasteiger partial charge is 0.257 e. The maximum absolute atomic E-state index is 13.3. The second kappa shape index (κ2) is 6.32. The van der Waals surface area contributed by atoms with Crippen LogP contribution in [0.3, 0.4) is 0 Å². The molecule has 0 aliphatic carbocycles. The molecule has 2 aromatic rings. The van der Waals surface area contributed by atoms with Crippen LogP contribution < -0.4 is 5.32 Å². The highest BCUT2D eigenvalue weighted by Gasteiger charge is 2.21. The van der Waals surface area contributed by atoms with Crippen LogP contribution in [-0.2, 0) is 0 Å². The summed E-state index contributed by atoms with van der Waals surface area (Å²) < 4.78 is 18.4. The molecule has 0 spiro atoms. The highest BCUT2D eigenvalue weighted by molar-refractivity contribution is 6.00. The normalized spacial score (nSPS) is 10.6. The molecule has 0 bridgehead atoms. The summed E-state index contributed by atoms with van der Waals surface area (Å²) in [7, 11) is 0. The highest BCUT2D eigenvalue weighted by atomic mass is 19.1. The minimum atomic E-state index is -0.375. The lowest BCUT2D eigenvalue weighted by molar-refractivity contribution is 0.0952. The summed E-state index contributed by atoms with van der Waals surface area (Å²) in [6.07, 6.45) is 1.91. The first kappa shape index (κ1) is 14.2. The first-order valence-electron chi connectivity index (χ1n) is 6.64. The summed E-state index contributed by atoms with van der Waals surface area (Å²) >= 11 is 0. The summed E-state index contributed by atoms with van der Waals surface area (Å²) in [4.78, 5) is 12.2. The Kier molecular flexibility index (Phi) is 4.50. The van der Waals surface area contributed by atoms with Crippen molar-refractivity contribution in [1.82, 2.24) is 10.5 Å². The van der Waals surface area contributed by atoms with Gasteiger partial charge in [0.1, 0.15) is 22.8 Å². The molecule has 2 rings (SSSR count). The van der Waals surface area contributed by atoms with E-state index in [2.05, 4.69) is 17.4 Å². The Morgan fingerprint density at radius 1 is 1.45 bits per heavy atom. The molecule has 0 atom stereocenters. The number of carbonyl (C=O) groups is 1. The van der Waals surface area contributed by atoms with Crippen LogP contribution >= 0.6 is 0 Å². The first-order chi connectivity index (χ1) is 9.63. The molecule has 1 aromatic carbocycles. The van der Waals surface area contributed by atoms with Gasteiger partial charge in [0.05, 0.1) is 0 Å². The Labute approximate surface area is 117 Å². The molecule has 0 radical (unpaired) electrons. The van der Waals surface area contributed by atoms with E-state index in [4.69, 9.17) is 4.52 Å². The predicted octanol–water partition coefficient (Wildman–Crippen LogP) is 3.32. The molecule has 1 amide bonds. The van der Waals surface area contributed by atoms with Gasteiger partial charge in [-0.2, -0.15) is 0 Å². The predicted molar refractivity (Wildman–Crippen MR) is 73.9 cm³/mol. The Morgan fingerprint density at radius 3 is 2.95 bits per heavy atom. The number of rotatable bonds is 5. The van der Waals surface area contributed by atoms with Crippen molar-refractivity contribution >= 4 is 5.91 Å². The van der Waals surface area contributed by atoms with E-state index in [9.17, 15) is 9.18 Å². The molecule has 4 nitrogen and oxygen atoms in total. The van der Waals surface area contributed by atoms with Crippen LogP contribution in [0, 0.1) is 12.7 Å². The van der Waals surface area contributed by atoms with Crippen molar-refractivity contribution in [3.8, 4) is 11.3 Å². The third-order valence-electron chi connectivity index (χ3n) is 3.00. The number of carbonyl (C=O) groups excluding carboxylic acids is 1. The molecule has 0 aliphatic heterocycles. The van der Waals surface area contributed by atoms with Gasteiger partial charge in [-0.3, -0.25) is 4.79 Å². The zero-order chi connectivity index (χ0) is 14.5. The van der Waals surface area contributed by atoms with Gasteiger partial charge >= 0.3 is 0 Å². The number of amides is 1. The molecule has 0 aliphatic rings. The maximum atomic E-state index is 13.3. The topological polar surface area (TPSA) is 55.1 Å². The van der Waals surface area contributed by atoms with Crippen molar-refractivity contribution in [2.75, 3.05) is 6.54 Å². The fourth-order valence-electron chi connectivity index (χ4n) is 1.94. The SMILES string of the molecule is CCCCNC(=O)c1c(-c2cccc(F)c2)noc1C. The quantitative estimate of drug-likeness (QED) is 0.852. The van der Waals surface area contributed by atoms with Crippen LogP contribution in [0.1, 0.15) is 35.9 Å². The van der Waals surface area contributed by atoms with E-state index in [1.54, 1.807) is 19.1 Å². The molecule has 0 fully saturated rings. The van der Waals surface area contributed by atoms with Gasteiger partial charge in [-0.25, -0.2) is 4.39 Å². The zero-order valence-corrected chi connectivity index (χ0v) is 11.6. The van der Waals surface area contributed by atoms with Gasteiger partial charge in [-0.05, 0) is 25.5 Å². The van der Waals surface area contributed by atoms with Crippen LogP contribution in [-0.4, -0.2) is 17.6 Å². The van der Waals surface area contributed by atoms with Crippen LogP contribution in [0.2, 0.25) is 0 Å². The number of unbranched alkanes of at least 4 members (excludes halogenated alkanes) is 1. The molecule has 0 saturated heterocycles. The van der Waals surface area contributed by atoms with E-state index in [1.165, 1.54) is 12.1 Å². The van der Waals surface area contributed by atoms with Gasteiger partial charge in [0.15, 0.2) is 0 Å². The lowest BCUT2D eigenvalue weighted by atomic mass is 10.1. The fraction of sp³-hybridized carbons (Fsp3) is 0.333. The molecular formula is C15H17FN2O2. The van der Waals surface area contributed by atoms with Crippen molar-refractivity contribution < 1.29 is 13.7 Å². The summed E-state index contributed by atoms with van der Waals surface area (Å²) in [6.45, 7) is 4.32. The number of nitrogens with one attached hydrogen (secondary N) is 1. The van der Waals surface area contributed by atoms with E-state index < -0.39 is 0 Å². The molecule has 5 heteroatoms. The van der Waals surface area contributed by atoms with Gasteiger partial charge in [0.2, 0.25) is 0 Å². The van der Waals surface area contributed by atoms with Crippen molar-refractivity contribution in [2.45, 2.75) is 26.7 Å². The average Bonchev–Trinajstić information content (AvgIpc) is 2.81. The van der Waals surface area contributed by atoms with Gasteiger partial charge in [0.25, 0.3) is 5.91 Å². The number of nitrogens with zero attached hydrogens (tertiary/aromatic N) is 1. The van der Waals surface area contributed by atoms with Crippen molar-refractivity contribution in [3.63, 3.8) is 0 Å². The van der Waals surface area contributed by atoms with Gasteiger partial charge in [-0.1, -0.05) is 30.6 Å². The van der Waals surface area contributed by atoms with Crippen LogP contribution in [0.15, 0.2) is 28.8 Å². The van der Waals surface area contributed by atoms with Gasteiger partial charge < -0.3 is 9.84 Å². The monoisotopic (exact) mass is 276 g/mol. The van der Waals surface area contributed by atoms with E-state index in [0.717, 1.165) is 12.8 Å². The number of benzene rings is 1. The van der Waals surface area contributed by atoms with Gasteiger partial charge in [-0.15, -0.1) is 0 Å². The van der Waals surface area contributed by atoms with Crippen LogP contribution in [0.4, 0.5) is 4.39 Å². The third-order valence-corrected chi connectivity index (χ3v) is 3.00. The Balaban J connectivity index is 2.30. The molecule has 0 unspecified atom stereocenters. The summed E-state index contributed by atoms with van der Waals surface area (Å²) in [6, 6.07) is 5.95. The summed E-state index contributed by atoms with van der Waals surface area (Å²) in [5.41, 5.74) is 1.27. The number of hydrogen-bond acceptors (Lipinski definition) is 3. The second-order valence-corrected chi connectivity index (χ2v) is 4.58. The highest BCUT2D eigenvalue weighted by Crippen LogP contribution is 2.25. The summed E-state index contributed by atoms with van der Waals surface area (Å²) in [5, 5.41) is 6.69. The zero-order valence-electron chi connectivity index (χ0n) is 11.6. The maximum Gasteiger partial charge on any atom is 0.257 e. The first-order valence-corrected chi connectivity index (χ1v) is 6.64. The standard InChI is InChI=1S/C15H17FN2O2/c1-3-4-8-17-15(19)13-10(2)20-18-14(13)11-6-5-7-12(16)9-11/h5-7,9H,3-4,8H2,1-2H3,(H,17,19).